The van der Waals surface area contributed by atoms with E-state index in [-0.39, 0.29) is 5.69 Å². The van der Waals surface area contributed by atoms with E-state index in [1.807, 2.05) is 0 Å². The number of ether oxygens (including phenoxy) is 2. The number of carboxylic acid groups (broad SMARTS) is 1. The summed E-state index contributed by atoms with van der Waals surface area (Å²) in [5.41, 5.74) is 0.964. The molecule has 2 heterocycles. The van der Waals surface area contributed by atoms with Crippen LogP contribution < -0.4 is 9.47 Å². The third-order valence-electron chi connectivity index (χ3n) is 2.51. The van der Waals surface area contributed by atoms with Crippen molar-refractivity contribution in [2.24, 2.45) is 0 Å². The standard InChI is InChI=1S/C11H8N2O4S/c14-11(15)10-9(12-18-13-10)6-1-2-7-8(5-6)17-4-3-16-7/h1-2,5H,3-4H2,(H,14,15). The highest BCUT2D eigenvalue weighted by atomic mass is 32.1. The number of nitrogens with zero attached hydrogens (tertiary/aromatic N) is 2. The molecule has 0 radical (unpaired) electrons. The first-order chi connectivity index (χ1) is 8.75. The second-order valence-electron chi connectivity index (χ2n) is 3.63. The molecule has 0 spiro atoms. The van der Waals surface area contributed by atoms with E-state index >= 15 is 0 Å². The molecular formula is C11H8N2O4S. The molecule has 0 amide bonds. The molecule has 6 nitrogen and oxygen atoms in total. The van der Waals surface area contributed by atoms with Crippen LogP contribution in [0.2, 0.25) is 0 Å². The van der Waals surface area contributed by atoms with Crippen molar-refractivity contribution >= 4 is 17.7 Å². The van der Waals surface area contributed by atoms with Crippen LogP contribution in [-0.4, -0.2) is 33.0 Å². The van der Waals surface area contributed by atoms with Crippen LogP contribution in [0.4, 0.5) is 0 Å². The molecule has 1 N–H and O–H groups in total. The number of rotatable bonds is 2. The molecule has 1 aliphatic heterocycles. The smallest absolute Gasteiger partial charge is 0.357 e. The molecule has 0 fully saturated rings. The van der Waals surface area contributed by atoms with E-state index in [1.54, 1.807) is 18.2 Å². The van der Waals surface area contributed by atoms with E-state index in [0.29, 0.717) is 36.0 Å². The molecule has 7 heteroatoms. The lowest BCUT2D eigenvalue weighted by atomic mass is 10.1. The van der Waals surface area contributed by atoms with Gasteiger partial charge < -0.3 is 14.6 Å². The van der Waals surface area contributed by atoms with Crippen molar-refractivity contribution in [3.05, 3.63) is 23.9 Å². The summed E-state index contributed by atoms with van der Waals surface area (Å²) >= 11 is 0.874. The average Bonchev–Trinajstić information content (AvgIpc) is 2.87. The summed E-state index contributed by atoms with van der Waals surface area (Å²) in [6.07, 6.45) is 0. The number of carbonyl (C=O) groups is 1. The van der Waals surface area contributed by atoms with E-state index in [2.05, 4.69) is 8.75 Å². The predicted octanol–water partition coefficient (Wildman–Crippen LogP) is 1.67. The van der Waals surface area contributed by atoms with Crippen molar-refractivity contribution in [3.8, 4) is 22.8 Å². The van der Waals surface area contributed by atoms with Crippen LogP contribution in [0.1, 0.15) is 10.5 Å². The van der Waals surface area contributed by atoms with E-state index in [4.69, 9.17) is 14.6 Å². The van der Waals surface area contributed by atoms with Crippen LogP contribution >= 0.6 is 11.7 Å². The Morgan fingerprint density at radius 2 is 2.00 bits per heavy atom. The predicted molar refractivity (Wildman–Crippen MR) is 63.3 cm³/mol. The summed E-state index contributed by atoms with van der Waals surface area (Å²) in [6.45, 7) is 1.00. The number of benzene rings is 1. The van der Waals surface area contributed by atoms with Crippen LogP contribution in [0.15, 0.2) is 18.2 Å². The number of fused-ring (bicyclic) bond motifs is 1. The summed E-state index contributed by atoms with van der Waals surface area (Å²) in [5, 5.41) is 9.00. The maximum absolute atomic E-state index is 11.0. The molecule has 3 rings (SSSR count). The second-order valence-corrected chi connectivity index (χ2v) is 4.15. The summed E-state index contributed by atoms with van der Waals surface area (Å²) < 4.78 is 18.6. The van der Waals surface area contributed by atoms with Crippen molar-refractivity contribution in [1.29, 1.82) is 0 Å². The van der Waals surface area contributed by atoms with E-state index in [0.717, 1.165) is 11.7 Å². The van der Waals surface area contributed by atoms with Gasteiger partial charge in [0.25, 0.3) is 0 Å². The molecule has 0 atom stereocenters. The number of hydrogen-bond donors (Lipinski definition) is 1. The molecule has 92 valence electrons. The van der Waals surface area contributed by atoms with Gasteiger partial charge in [-0.2, -0.15) is 8.75 Å². The molecule has 0 saturated carbocycles. The van der Waals surface area contributed by atoms with Crippen molar-refractivity contribution in [3.63, 3.8) is 0 Å². The normalized spacial score (nSPS) is 13.3. The van der Waals surface area contributed by atoms with Crippen molar-refractivity contribution in [2.45, 2.75) is 0 Å². The minimum atomic E-state index is -1.09. The highest BCUT2D eigenvalue weighted by Crippen LogP contribution is 2.34. The van der Waals surface area contributed by atoms with Gasteiger partial charge in [0, 0.05) is 5.56 Å². The molecule has 18 heavy (non-hydrogen) atoms. The zero-order valence-corrected chi connectivity index (χ0v) is 9.94. The first-order valence-corrected chi connectivity index (χ1v) is 5.94. The fraction of sp³-hybridized carbons (Fsp3) is 0.182. The molecule has 0 bridgehead atoms. The third-order valence-corrected chi connectivity index (χ3v) is 3.04. The summed E-state index contributed by atoms with van der Waals surface area (Å²) in [4.78, 5) is 11.0. The highest BCUT2D eigenvalue weighted by Gasteiger charge is 2.19. The number of carboxylic acids is 1. The van der Waals surface area contributed by atoms with Gasteiger partial charge in [-0.1, -0.05) is 0 Å². The van der Waals surface area contributed by atoms with E-state index in [9.17, 15) is 4.79 Å². The summed E-state index contributed by atoms with van der Waals surface area (Å²) in [7, 11) is 0. The number of aromatic nitrogens is 2. The monoisotopic (exact) mass is 264 g/mol. The Hall–Kier alpha value is -2.15. The topological polar surface area (TPSA) is 81.5 Å². The Morgan fingerprint density at radius 3 is 2.78 bits per heavy atom. The van der Waals surface area contributed by atoms with Gasteiger partial charge in [0.05, 0.1) is 11.7 Å². The number of hydrogen-bond acceptors (Lipinski definition) is 6. The largest absolute Gasteiger partial charge is 0.486 e. The first kappa shape index (κ1) is 11.0. The number of aromatic carboxylic acids is 1. The lowest BCUT2D eigenvalue weighted by Gasteiger charge is -2.18. The van der Waals surface area contributed by atoms with Gasteiger partial charge in [-0.25, -0.2) is 4.79 Å². The third kappa shape index (κ3) is 1.78. The van der Waals surface area contributed by atoms with Gasteiger partial charge in [0.2, 0.25) is 0 Å². The van der Waals surface area contributed by atoms with Crippen molar-refractivity contribution in [2.75, 3.05) is 13.2 Å². The Labute approximate surface area is 106 Å². The van der Waals surface area contributed by atoms with Gasteiger partial charge in [-0.15, -0.1) is 0 Å². The second kappa shape index (κ2) is 4.26. The minimum Gasteiger partial charge on any atom is -0.486 e. The maximum Gasteiger partial charge on any atom is 0.357 e. The molecule has 2 aromatic rings. The Kier molecular flexibility index (Phi) is 2.60. The molecule has 1 aromatic carbocycles. The van der Waals surface area contributed by atoms with E-state index in [1.165, 1.54) is 0 Å². The molecule has 0 aliphatic carbocycles. The van der Waals surface area contributed by atoms with Gasteiger partial charge >= 0.3 is 5.97 Å². The maximum atomic E-state index is 11.0. The lowest BCUT2D eigenvalue weighted by molar-refractivity contribution is 0.0692. The Morgan fingerprint density at radius 1 is 1.22 bits per heavy atom. The van der Waals surface area contributed by atoms with Crippen LogP contribution in [0.3, 0.4) is 0 Å². The average molecular weight is 264 g/mol. The van der Waals surface area contributed by atoms with Gasteiger partial charge in [0.1, 0.15) is 18.9 Å². The zero-order chi connectivity index (χ0) is 12.5. The zero-order valence-electron chi connectivity index (χ0n) is 9.12. The van der Waals surface area contributed by atoms with Crippen LogP contribution in [0, 0.1) is 0 Å². The first-order valence-electron chi connectivity index (χ1n) is 5.21. The van der Waals surface area contributed by atoms with Crippen molar-refractivity contribution < 1.29 is 19.4 Å². The van der Waals surface area contributed by atoms with Gasteiger partial charge in [0.15, 0.2) is 17.2 Å². The molecule has 0 unspecified atom stereocenters. The van der Waals surface area contributed by atoms with Crippen LogP contribution in [0.25, 0.3) is 11.3 Å². The van der Waals surface area contributed by atoms with Crippen LogP contribution in [0.5, 0.6) is 11.5 Å². The highest BCUT2D eigenvalue weighted by molar-refractivity contribution is 6.99. The Balaban J connectivity index is 2.06. The van der Waals surface area contributed by atoms with Gasteiger partial charge in [-0.05, 0) is 18.2 Å². The molecule has 0 saturated heterocycles. The fourth-order valence-corrected chi connectivity index (χ4v) is 2.27. The van der Waals surface area contributed by atoms with E-state index < -0.39 is 5.97 Å². The SMILES string of the molecule is O=C(O)c1nsnc1-c1ccc2c(c1)OCCO2. The lowest BCUT2D eigenvalue weighted by Crippen LogP contribution is -2.15. The summed E-state index contributed by atoms with van der Waals surface area (Å²) in [5.74, 6) is 0.168. The quantitative estimate of drug-likeness (QED) is 0.888. The van der Waals surface area contributed by atoms with Crippen LogP contribution in [-0.2, 0) is 0 Å². The van der Waals surface area contributed by atoms with Crippen molar-refractivity contribution in [1.82, 2.24) is 8.75 Å². The molecule has 1 aliphatic rings. The Bertz CT molecular complexity index is 611. The summed E-state index contributed by atoms with van der Waals surface area (Å²) in [6, 6.07) is 5.21. The molecule has 1 aromatic heterocycles. The fourth-order valence-electron chi connectivity index (χ4n) is 1.71. The molecular weight excluding hydrogens is 256 g/mol. The minimum absolute atomic E-state index is 0.0447. The van der Waals surface area contributed by atoms with Gasteiger partial charge in [-0.3, -0.25) is 0 Å².